The molecule has 1 aromatic carbocycles. The van der Waals surface area contributed by atoms with E-state index in [-0.39, 0.29) is 0 Å². The molecule has 2 heterocycles. The van der Waals surface area contributed by atoms with Gasteiger partial charge in [0.25, 0.3) is 0 Å². The number of hydrogen-bond acceptors (Lipinski definition) is 2. The van der Waals surface area contributed by atoms with Gasteiger partial charge >= 0.3 is 0 Å². The Balaban J connectivity index is 2.23. The standard InChI is InChI=1S/C14H9ClN2/c15-14-12-8-11(10-4-2-1-3-5-10)9-17-13(12)6-7-16-14/h1-9H. The van der Waals surface area contributed by atoms with Crippen LogP contribution in [-0.4, -0.2) is 9.97 Å². The van der Waals surface area contributed by atoms with Crippen molar-refractivity contribution < 1.29 is 0 Å². The van der Waals surface area contributed by atoms with Gasteiger partial charge in [-0.2, -0.15) is 0 Å². The van der Waals surface area contributed by atoms with E-state index < -0.39 is 0 Å². The van der Waals surface area contributed by atoms with Crippen LogP contribution in [0.5, 0.6) is 0 Å². The topological polar surface area (TPSA) is 25.8 Å². The lowest BCUT2D eigenvalue weighted by Crippen LogP contribution is -1.85. The van der Waals surface area contributed by atoms with Crippen LogP contribution in [0.2, 0.25) is 5.15 Å². The fraction of sp³-hybridized carbons (Fsp3) is 0. The van der Waals surface area contributed by atoms with Crippen molar-refractivity contribution in [1.29, 1.82) is 0 Å². The molecule has 0 fully saturated rings. The molecule has 0 radical (unpaired) electrons. The predicted octanol–water partition coefficient (Wildman–Crippen LogP) is 3.95. The van der Waals surface area contributed by atoms with Crippen LogP contribution in [0.25, 0.3) is 22.0 Å². The quantitative estimate of drug-likeness (QED) is 0.602. The van der Waals surface area contributed by atoms with Crippen LogP contribution in [0.4, 0.5) is 0 Å². The highest BCUT2D eigenvalue weighted by atomic mass is 35.5. The average molecular weight is 241 g/mol. The van der Waals surface area contributed by atoms with Crippen LogP contribution in [0.1, 0.15) is 0 Å². The number of pyridine rings is 2. The molecular formula is C14H9ClN2. The summed E-state index contributed by atoms with van der Waals surface area (Å²) < 4.78 is 0. The van der Waals surface area contributed by atoms with Crippen molar-refractivity contribution in [2.24, 2.45) is 0 Å². The number of aromatic nitrogens is 2. The molecule has 82 valence electrons. The van der Waals surface area contributed by atoms with Gasteiger partial charge in [-0.1, -0.05) is 41.9 Å². The average Bonchev–Trinajstić information content (AvgIpc) is 2.40. The fourth-order valence-corrected chi connectivity index (χ4v) is 2.01. The summed E-state index contributed by atoms with van der Waals surface area (Å²) in [5, 5.41) is 1.38. The molecule has 0 saturated carbocycles. The second kappa shape index (κ2) is 4.15. The van der Waals surface area contributed by atoms with E-state index in [0.29, 0.717) is 5.15 Å². The van der Waals surface area contributed by atoms with Gasteiger partial charge in [-0.15, -0.1) is 0 Å². The highest BCUT2D eigenvalue weighted by Gasteiger charge is 2.03. The molecule has 0 saturated heterocycles. The van der Waals surface area contributed by atoms with Crippen molar-refractivity contribution in [2.45, 2.75) is 0 Å². The first-order chi connectivity index (χ1) is 8.34. The second-order valence-electron chi connectivity index (χ2n) is 3.76. The van der Waals surface area contributed by atoms with Crippen molar-refractivity contribution in [1.82, 2.24) is 9.97 Å². The van der Waals surface area contributed by atoms with Crippen LogP contribution in [0, 0.1) is 0 Å². The molecule has 0 bridgehead atoms. The van der Waals surface area contributed by atoms with E-state index in [1.807, 2.05) is 48.7 Å². The summed E-state index contributed by atoms with van der Waals surface area (Å²) in [5.74, 6) is 0. The summed E-state index contributed by atoms with van der Waals surface area (Å²) in [6, 6.07) is 14.0. The predicted molar refractivity (Wildman–Crippen MR) is 70.0 cm³/mol. The van der Waals surface area contributed by atoms with Crippen LogP contribution < -0.4 is 0 Å². The monoisotopic (exact) mass is 240 g/mol. The number of hydrogen-bond donors (Lipinski definition) is 0. The lowest BCUT2D eigenvalue weighted by molar-refractivity contribution is 1.32. The Hall–Kier alpha value is -1.93. The zero-order valence-electron chi connectivity index (χ0n) is 8.97. The first kappa shape index (κ1) is 10.2. The summed E-state index contributed by atoms with van der Waals surface area (Å²) in [5.41, 5.74) is 3.04. The number of benzene rings is 1. The van der Waals surface area contributed by atoms with E-state index in [0.717, 1.165) is 22.0 Å². The van der Waals surface area contributed by atoms with E-state index in [2.05, 4.69) is 9.97 Å². The molecule has 0 aliphatic carbocycles. The minimum Gasteiger partial charge on any atom is -0.255 e. The Labute approximate surface area is 104 Å². The summed E-state index contributed by atoms with van der Waals surface area (Å²) in [6.45, 7) is 0. The molecule has 0 spiro atoms. The lowest BCUT2D eigenvalue weighted by atomic mass is 10.1. The Morgan fingerprint density at radius 1 is 0.882 bits per heavy atom. The zero-order chi connectivity index (χ0) is 11.7. The van der Waals surface area contributed by atoms with Gasteiger partial charge in [0.05, 0.1) is 5.52 Å². The van der Waals surface area contributed by atoms with Crippen LogP contribution in [-0.2, 0) is 0 Å². The Morgan fingerprint density at radius 3 is 2.53 bits per heavy atom. The Morgan fingerprint density at radius 2 is 1.71 bits per heavy atom. The molecule has 0 amide bonds. The third kappa shape index (κ3) is 1.87. The van der Waals surface area contributed by atoms with Crippen molar-refractivity contribution >= 4 is 22.5 Å². The molecule has 3 rings (SSSR count). The third-order valence-corrected chi connectivity index (χ3v) is 2.97. The van der Waals surface area contributed by atoms with Crippen molar-refractivity contribution in [2.75, 3.05) is 0 Å². The Kier molecular flexibility index (Phi) is 2.50. The normalized spacial score (nSPS) is 10.6. The maximum atomic E-state index is 6.07. The number of fused-ring (bicyclic) bond motifs is 1. The van der Waals surface area contributed by atoms with Crippen molar-refractivity contribution in [3.63, 3.8) is 0 Å². The van der Waals surface area contributed by atoms with Crippen molar-refractivity contribution in [3.05, 3.63) is 60.0 Å². The van der Waals surface area contributed by atoms with Crippen LogP contribution in [0.3, 0.4) is 0 Å². The highest BCUT2D eigenvalue weighted by molar-refractivity contribution is 6.34. The summed E-state index contributed by atoms with van der Waals surface area (Å²) in [4.78, 5) is 8.46. The smallest absolute Gasteiger partial charge is 0.138 e. The van der Waals surface area contributed by atoms with Crippen LogP contribution in [0.15, 0.2) is 54.9 Å². The third-order valence-electron chi connectivity index (χ3n) is 2.67. The molecule has 17 heavy (non-hydrogen) atoms. The number of nitrogens with zero attached hydrogens (tertiary/aromatic N) is 2. The lowest BCUT2D eigenvalue weighted by Gasteiger charge is -2.03. The van der Waals surface area contributed by atoms with E-state index in [1.165, 1.54) is 0 Å². The first-order valence-corrected chi connectivity index (χ1v) is 5.68. The minimum absolute atomic E-state index is 0.493. The fourth-order valence-electron chi connectivity index (χ4n) is 1.80. The molecular weight excluding hydrogens is 232 g/mol. The molecule has 0 unspecified atom stereocenters. The van der Waals surface area contributed by atoms with Gasteiger partial charge in [0.15, 0.2) is 0 Å². The summed E-state index contributed by atoms with van der Waals surface area (Å²) in [6.07, 6.45) is 3.52. The highest BCUT2D eigenvalue weighted by Crippen LogP contribution is 2.25. The maximum Gasteiger partial charge on any atom is 0.138 e. The minimum atomic E-state index is 0.493. The van der Waals surface area contributed by atoms with Gasteiger partial charge in [-0.3, -0.25) is 4.98 Å². The van der Waals surface area contributed by atoms with E-state index in [1.54, 1.807) is 6.20 Å². The molecule has 0 aliphatic heterocycles. The molecule has 0 atom stereocenters. The first-order valence-electron chi connectivity index (χ1n) is 5.30. The van der Waals surface area contributed by atoms with Gasteiger partial charge < -0.3 is 0 Å². The van der Waals surface area contributed by atoms with Crippen LogP contribution >= 0.6 is 11.6 Å². The van der Waals surface area contributed by atoms with E-state index in [4.69, 9.17) is 11.6 Å². The van der Waals surface area contributed by atoms with E-state index in [9.17, 15) is 0 Å². The van der Waals surface area contributed by atoms with Gasteiger partial charge in [-0.25, -0.2) is 4.98 Å². The Bertz CT molecular complexity index is 665. The molecule has 3 heteroatoms. The summed E-state index contributed by atoms with van der Waals surface area (Å²) >= 11 is 6.07. The van der Waals surface area contributed by atoms with Gasteiger partial charge in [0.2, 0.25) is 0 Å². The largest absolute Gasteiger partial charge is 0.255 e. The SMILES string of the molecule is Clc1nccc2ncc(-c3ccccc3)cc12. The van der Waals surface area contributed by atoms with Gasteiger partial charge in [-0.05, 0) is 17.7 Å². The molecule has 0 N–H and O–H groups in total. The molecule has 3 aromatic rings. The van der Waals surface area contributed by atoms with Gasteiger partial charge in [0.1, 0.15) is 5.15 Å². The molecule has 2 aromatic heterocycles. The van der Waals surface area contributed by atoms with Crippen molar-refractivity contribution in [3.8, 4) is 11.1 Å². The van der Waals surface area contributed by atoms with E-state index >= 15 is 0 Å². The second-order valence-corrected chi connectivity index (χ2v) is 4.12. The summed E-state index contributed by atoms with van der Waals surface area (Å²) in [7, 11) is 0. The molecule has 0 aliphatic rings. The molecule has 2 nitrogen and oxygen atoms in total. The maximum absolute atomic E-state index is 6.07. The number of rotatable bonds is 1. The zero-order valence-corrected chi connectivity index (χ0v) is 9.72. The van der Waals surface area contributed by atoms with Gasteiger partial charge in [0, 0.05) is 23.3 Å². The number of halogens is 1.